The summed E-state index contributed by atoms with van der Waals surface area (Å²) in [4.78, 5) is 11.4. The minimum atomic E-state index is -3.33. The van der Waals surface area contributed by atoms with Crippen LogP contribution in [-0.2, 0) is 0 Å². The van der Waals surface area contributed by atoms with Crippen molar-refractivity contribution < 1.29 is 13.6 Å². The Labute approximate surface area is 102 Å². The number of ketones is 1. The van der Waals surface area contributed by atoms with Crippen molar-refractivity contribution in [1.29, 1.82) is 0 Å². The average Bonchev–Trinajstić information content (AvgIpc) is 2.58. The Balaban J connectivity index is 2.58. The minimum Gasteiger partial charge on any atom is -0.286 e. The number of Topliss-reactive ketones (excluding diaryl/α,β-unsaturated/α-hetero) is 1. The van der Waals surface area contributed by atoms with Crippen molar-refractivity contribution in [2.75, 3.05) is 0 Å². The molecule has 0 bridgehead atoms. The molecule has 0 aliphatic carbocycles. The van der Waals surface area contributed by atoms with Gasteiger partial charge < -0.3 is 0 Å². The SMILES string of the molecule is O=C(c1csc2ccccc12)C(F)(F)I. The van der Waals surface area contributed by atoms with E-state index >= 15 is 0 Å². The van der Waals surface area contributed by atoms with E-state index in [4.69, 9.17) is 0 Å². The molecule has 0 atom stereocenters. The van der Waals surface area contributed by atoms with Gasteiger partial charge in [-0.1, -0.05) is 18.2 Å². The molecule has 5 heteroatoms. The highest BCUT2D eigenvalue weighted by Crippen LogP contribution is 2.33. The van der Waals surface area contributed by atoms with Crippen LogP contribution in [0.2, 0.25) is 0 Å². The second kappa shape index (κ2) is 3.79. The Morgan fingerprint density at radius 2 is 2.00 bits per heavy atom. The van der Waals surface area contributed by atoms with Gasteiger partial charge in [-0.25, -0.2) is 0 Å². The topological polar surface area (TPSA) is 17.1 Å². The smallest absolute Gasteiger partial charge is 0.286 e. The molecule has 0 aliphatic rings. The highest BCUT2D eigenvalue weighted by atomic mass is 127. The molecule has 0 spiro atoms. The number of carbonyl (C=O) groups excluding carboxylic acids is 1. The number of benzene rings is 1. The van der Waals surface area contributed by atoms with Gasteiger partial charge in [0.15, 0.2) is 0 Å². The first-order valence-corrected chi connectivity index (χ1v) is 6.04. The molecule has 78 valence electrons. The molecule has 0 unspecified atom stereocenters. The normalized spacial score (nSPS) is 11.9. The Hall–Kier alpha value is -0.560. The van der Waals surface area contributed by atoms with Gasteiger partial charge in [0.2, 0.25) is 5.78 Å². The molecular weight excluding hydrogens is 333 g/mol. The van der Waals surface area contributed by atoms with E-state index in [1.165, 1.54) is 16.7 Å². The summed E-state index contributed by atoms with van der Waals surface area (Å²) < 4.78 is 23.2. The van der Waals surface area contributed by atoms with Crippen LogP contribution in [0.4, 0.5) is 8.78 Å². The van der Waals surface area contributed by atoms with E-state index in [1.54, 1.807) is 12.1 Å². The lowest BCUT2D eigenvalue weighted by molar-refractivity contribution is 0.0629. The zero-order valence-electron chi connectivity index (χ0n) is 7.34. The first kappa shape index (κ1) is 10.9. The number of alkyl halides is 3. The molecule has 1 nitrogen and oxygen atoms in total. The molecule has 0 saturated heterocycles. The predicted molar refractivity (Wildman–Crippen MR) is 65.1 cm³/mol. The van der Waals surface area contributed by atoms with Gasteiger partial charge in [0.25, 0.3) is 0 Å². The summed E-state index contributed by atoms with van der Waals surface area (Å²) in [5.74, 6) is -1.12. The van der Waals surface area contributed by atoms with Crippen molar-refractivity contribution in [3.63, 3.8) is 0 Å². The molecular formula is C10H5F2IOS. The quantitative estimate of drug-likeness (QED) is 0.458. The lowest BCUT2D eigenvalue weighted by Crippen LogP contribution is -2.20. The zero-order chi connectivity index (χ0) is 11.1. The number of thiophene rings is 1. The van der Waals surface area contributed by atoms with Crippen LogP contribution in [-0.4, -0.2) is 9.71 Å². The molecule has 2 aromatic rings. The third-order valence-corrected chi connectivity index (χ3v) is 3.44. The van der Waals surface area contributed by atoms with Crippen LogP contribution in [0.25, 0.3) is 10.1 Å². The summed E-state index contributed by atoms with van der Waals surface area (Å²) in [7, 11) is 0. The van der Waals surface area contributed by atoms with E-state index in [-0.39, 0.29) is 5.56 Å². The zero-order valence-corrected chi connectivity index (χ0v) is 10.3. The molecule has 15 heavy (non-hydrogen) atoms. The first-order chi connectivity index (χ1) is 7.00. The molecule has 2 rings (SSSR count). The van der Waals surface area contributed by atoms with E-state index in [9.17, 15) is 13.6 Å². The third kappa shape index (κ3) is 2.03. The largest absolute Gasteiger partial charge is 0.357 e. The van der Waals surface area contributed by atoms with E-state index < -0.39 is 9.71 Å². The second-order valence-corrected chi connectivity index (χ2v) is 5.24. The van der Waals surface area contributed by atoms with Gasteiger partial charge in [-0.05, 0) is 6.07 Å². The maximum absolute atomic E-state index is 12.8. The Kier molecular flexibility index (Phi) is 2.76. The minimum absolute atomic E-state index is 0.106. The molecule has 1 aromatic heterocycles. The Morgan fingerprint density at radius 3 is 2.67 bits per heavy atom. The van der Waals surface area contributed by atoms with Gasteiger partial charge in [0.1, 0.15) is 0 Å². The standard InChI is InChI=1S/C10H5F2IOS/c11-10(12,13)9(14)7-5-15-8-4-2-1-3-6(7)8/h1-5H. The number of hydrogen-bond acceptors (Lipinski definition) is 2. The van der Waals surface area contributed by atoms with Gasteiger partial charge in [-0.15, -0.1) is 11.3 Å². The van der Waals surface area contributed by atoms with Crippen molar-refractivity contribution in [2.45, 2.75) is 3.93 Å². The number of hydrogen-bond donors (Lipinski definition) is 0. The molecule has 1 aromatic carbocycles. The van der Waals surface area contributed by atoms with E-state index in [0.717, 1.165) is 27.3 Å². The van der Waals surface area contributed by atoms with Crippen LogP contribution in [0.15, 0.2) is 29.6 Å². The van der Waals surface area contributed by atoms with Gasteiger partial charge in [0, 0.05) is 43.6 Å². The summed E-state index contributed by atoms with van der Waals surface area (Å²) in [6, 6.07) is 7.04. The third-order valence-electron chi connectivity index (χ3n) is 1.98. The lowest BCUT2D eigenvalue weighted by Gasteiger charge is -2.05. The van der Waals surface area contributed by atoms with Crippen molar-refractivity contribution in [3.05, 3.63) is 35.2 Å². The lowest BCUT2D eigenvalue weighted by atomic mass is 10.1. The number of carbonyl (C=O) groups is 1. The molecule has 1 heterocycles. The number of fused-ring (bicyclic) bond motifs is 1. The van der Waals surface area contributed by atoms with Crippen molar-refractivity contribution in [2.24, 2.45) is 0 Å². The Morgan fingerprint density at radius 1 is 1.33 bits per heavy atom. The molecule has 0 N–H and O–H groups in total. The van der Waals surface area contributed by atoms with Crippen LogP contribution in [0, 0.1) is 0 Å². The van der Waals surface area contributed by atoms with Gasteiger partial charge in [-0.3, -0.25) is 4.79 Å². The van der Waals surface area contributed by atoms with E-state index in [2.05, 4.69) is 0 Å². The summed E-state index contributed by atoms with van der Waals surface area (Å²) in [6.45, 7) is 0. The maximum atomic E-state index is 12.8. The Bertz CT molecular complexity index is 515. The van der Waals surface area contributed by atoms with Crippen molar-refractivity contribution in [1.82, 2.24) is 0 Å². The number of halogens is 3. The fraction of sp³-hybridized carbons (Fsp3) is 0.100. The predicted octanol–water partition coefficient (Wildman–Crippen LogP) is 4.11. The van der Waals surface area contributed by atoms with Gasteiger partial charge in [-0.2, -0.15) is 8.78 Å². The second-order valence-electron chi connectivity index (χ2n) is 2.97. The van der Waals surface area contributed by atoms with E-state index in [0.29, 0.717) is 5.39 Å². The fourth-order valence-electron chi connectivity index (χ4n) is 1.31. The summed E-state index contributed by atoms with van der Waals surface area (Å²) in [5, 5.41) is 2.09. The van der Waals surface area contributed by atoms with Crippen LogP contribution >= 0.6 is 33.9 Å². The van der Waals surface area contributed by atoms with Gasteiger partial charge >= 0.3 is 3.93 Å². The molecule has 0 saturated carbocycles. The summed E-state index contributed by atoms with van der Waals surface area (Å²) >= 11 is 2.16. The summed E-state index contributed by atoms with van der Waals surface area (Å²) in [5.41, 5.74) is 0.106. The monoisotopic (exact) mass is 338 g/mol. The molecule has 0 radical (unpaired) electrons. The van der Waals surface area contributed by atoms with Crippen LogP contribution in [0.1, 0.15) is 10.4 Å². The molecule has 0 amide bonds. The van der Waals surface area contributed by atoms with Crippen molar-refractivity contribution in [3.8, 4) is 0 Å². The molecule has 0 fully saturated rings. The highest BCUT2D eigenvalue weighted by molar-refractivity contribution is 14.1. The average molecular weight is 338 g/mol. The van der Waals surface area contributed by atoms with Crippen LogP contribution in [0.5, 0.6) is 0 Å². The van der Waals surface area contributed by atoms with E-state index in [1.807, 2.05) is 12.1 Å². The van der Waals surface area contributed by atoms with Crippen molar-refractivity contribution >= 4 is 49.8 Å². The molecule has 0 aliphatic heterocycles. The number of rotatable bonds is 2. The highest BCUT2D eigenvalue weighted by Gasteiger charge is 2.36. The summed E-state index contributed by atoms with van der Waals surface area (Å²) in [6.07, 6.45) is 0. The van der Waals surface area contributed by atoms with Crippen LogP contribution < -0.4 is 0 Å². The first-order valence-electron chi connectivity index (χ1n) is 4.08. The van der Waals surface area contributed by atoms with Crippen LogP contribution in [0.3, 0.4) is 0 Å². The maximum Gasteiger partial charge on any atom is 0.357 e. The van der Waals surface area contributed by atoms with Gasteiger partial charge in [0.05, 0.1) is 0 Å². The fourth-order valence-corrected chi connectivity index (χ4v) is 2.54.